The summed E-state index contributed by atoms with van der Waals surface area (Å²) >= 11 is 0. The Balaban J connectivity index is 1.83. The van der Waals surface area contributed by atoms with Gasteiger partial charge in [0.05, 0.1) is 12.2 Å². The van der Waals surface area contributed by atoms with Gasteiger partial charge in [0.1, 0.15) is 5.82 Å². The van der Waals surface area contributed by atoms with Crippen LogP contribution in [-0.2, 0) is 21.2 Å². The zero-order valence-electron chi connectivity index (χ0n) is 12.6. The second-order valence-corrected chi connectivity index (χ2v) is 7.58. The van der Waals surface area contributed by atoms with Gasteiger partial charge < -0.3 is 5.32 Å². The van der Waals surface area contributed by atoms with Gasteiger partial charge in [-0.3, -0.25) is 4.79 Å². The number of amides is 1. The molecule has 22 heavy (non-hydrogen) atoms. The van der Waals surface area contributed by atoms with Gasteiger partial charge in [0.15, 0.2) is 0 Å². The number of halogens is 1. The van der Waals surface area contributed by atoms with E-state index in [-0.39, 0.29) is 24.2 Å². The molecule has 1 saturated heterocycles. The summed E-state index contributed by atoms with van der Waals surface area (Å²) in [7, 11) is -3.26. The van der Waals surface area contributed by atoms with Crippen molar-refractivity contribution in [1.82, 2.24) is 9.62 Å². The Labute approximate surface area is 130 Å². The number of carbonyl (C=O) groups is 1. The van der Waals surface area contributed by atoms with Crippen molar-refractivity contribution >= 4 is 15.9 Å². The number of hydrogen-bond donors (Lipinski definition) is 1. The van der Waals surface area contributed by atoms with Crippen molar-refractivity contribution in [1.29, 1.82) is 0 Å². The summed E-state index contributed by atoms with van der Waals surface area (Å²) in [6, 6.07) is 6.46. The maximum Gasteiger partial charge on any atom is 0.224 e. The lowest BCUT2D eigenvalue weighted by molar-refractivity contribution is -0.126. The Morgan fingerprint density at radius 1 is 1.41 bits per heavy atom. The highest BCUT2D eigenvalue weighted by Crippen LogP contribution is 2.18. The SMILES string of the molecule is CS(=O)(=O)N1CCC[C@H](C(=O)NCCc2ccccc2F)C1. The van der Waals surface area contributed by atoms with Gasteiger partial charge in [-0.2, -0.15) is 0 Å². The lowest BCUT2D eigenvalue weighted by atomic mass is 9.99. The minimum absolute atomic E-state index is 0.162. The summed E-state index contributed by atoms with van der Waals surface area (Å²) in [5, 5.41) is 2.77. The zero-order valence-corrected chi connectivity index (χ0v) is 13.4. The molecule has 7 heteroatoms. The van der Waals surface area contributed by atoms with Crippen LogP contribution >= 0.6 is 0 Å². The second-order valence-electron chi connectivity index (χ2n) is 5.59. The summed E-state index contributed by atoms with van der Waals surface area (Å²) in [5.41, 5.74) is 0.559. The van der Waals surface area contributed by atoms with Crippen molar-refractivity contribution in [3.63, 3.8) is 0 Å². The second kappa shape index (κ2) is 7.19. The quantitative estimate of drug-likeness (QED) is 0.882. The molecule has 0 spiro atoms. The molecule has 0 aliphatic carbocycles. The minimum Gasteiger partial charge on any atom is -0.355 e. The standard InChI is InChI=1S/C15H21FN2O3S/c1-22(20,21)18-10-4-6-13(11-18)15(19)17-9-8-12-5-2-3-7-14(12)16/h2-3,5,7,13H,4,6,8-11H2,1H3,(H,17,19)/t13-/m0/s1. The van der Waals surface area contributed by atoms with E-state index in [1.165, 1.54) is 10.4 Å². The molecule has 0 unspecified atom stereocenters. The molecule has 1 atom stereocenters. The molecule has 0 saturated carbocycles. The Bertz CT molecular complexity index is 633. The van der Waals surface area contributed by atoms with E-state index in [9.17, 15) is 17.6 Å². The van der Waals surface area contributed by atoms with Crippen LogP contribution < -0.4 is 5.32 Å². The fourth-order valence-electron chi connectivity index (χ4n) is 2.62. The summed E-state index contributed by atoms with van der Waals surface area (Å²) in [5.74, 6) is -0.772. The van der Waals surface area contributed by atoms with Gasteiger partial charge >= 0.3 is 0 Å². The van der Waals surface area contributed by atoms with Crippen molar-refractivity contribution in [2.75, 3.05) is 25.9 Å². The molecule has 122 valence electrons. The normalized spacial score (nSPS) is 19.8. The predicted molar refractivity (Wildman–Crippen MR) is 82.3 cm³/mol. The highest BCUT2D eigenvalue weighted by Gasteiger charge is 2.29. The predicted octanol–water partition coefficient (Wildman–Crippen LogP) is 1.16. The van der Waals surface area contributed by atoms with E-state index in [2.05, 4.69) is 5.32 Å². The number of nitrogens with one attached hydrogen (secondary N) is 1. The Morgan fingerprint density at radius 2 is 2.14 bits per heavy atom. The third-order valence-corrected chi connectivity index (χ3v) is 5.15. The third kappa shape index (κ3) is 4.51. The van der Waals surface area contributed by atoms with Gasteiger partial charge in [-0.15, -0.1) is 0 Å². The van der Waals surface area contributed by atoms with E-state index in [1.807, 2.05) is 0 Å². The van der Waals surface area contributed by atoms with Crippen molar-refractivity contribution in [3.8, 4) is 0 Å². The molecular weight excluding hydrogens is 307 g/mol. The van der Waals surface area contributed by atoms with Gasteiger partial charge in [0, 0.05) is 19.6 Å². The van der Waals surface area contributed by atoms with Gasteiger partial charge in [0.25, 0.3) is 0 Å². The van der Waals surface area contributed by atoms with Gasteiger partial charge in [-0.25, -0.2) is 17.1 Å². The molecule has 5 nitrogen and oxygen atoms in total. The van der Waals surface area contributed by atoms with E-state index in [0.717, 1.165) is 6.26 Å². The first kappa shape index (κ1) is 16.9. The number of hydrogen-bond acceptors (Lipinski definition) is 3. The van der Waals surface area contributed by atoms with Gasteiger partial charge in [-0.1, -0.05) is 18.2 Å². The smallest absolute Gasteiger partial charge is 0.224 e. The van der Waals surface area contributed by atoms with Crippen LogP contribution in [0.15, 0.2) is 24.3 Å². The molecular formula is C15H21FN2O3S. The molecule has 1 amide bonds. The van der Waals surface area contributed by atoms with Crippen LogP contribution in [0.4, 0.5) is 4.39 Å². The van der Waals surface area contributed by atoms with E-state index in [4.69, 9.17) is 0 Å². The Kier molecular flexibility index (Phi) is 5.52. The van der Waals surface area contributed by atoms with Crippen LogP contribution in [0.5, 0.6) is 0 Å². The lowest BCUT2D eigenvalue weighted by Gasteiger charge is -2.30. The van der Waals surface area contributed by atoms with E-state index in [1.54, 1.807) is 18.2 Å². The highest BCUT2D eigenvalue weighted by molar-refractivity contribution is 7.88. The van der Waals surface area contributed by atoms with E-state index < -0.39 is 10.0 Å². The molecule has 1 fully saturated rings. The lowest BCUT2D eigenvalue weighted by Crippen LogP contribution is -2.45. The largest absolute Gasteiger partial charge is 0.355 e. The molecule has 1 aliphatic heterocycles. The molecule has 1 aromatic rings. The molecule has 2 rings (SSSR count). The van der Waals surface area contributed by atoms with Crippen molar-refractivity contribution in [2.45, 2.75) is 19.3 Å². The maximum atomic E-state index is 13.5. The fourth-order valence-corrected chi connectivity index (χ4v) is 3.53. The molecule has 1 N–H and O–H groups in total. The first-order chi connectivity index (χ1) is 10.4. The van der Waals surface area contributed by atoms with E-state index >= 15 is 0 Å². The number of nitrogens with zero attached hydrogens (tertiary/aromatic N) is 1. The van der Waals surface area contributed by atoms with Crippen LogP contribution in [0.25, 0.3) is 0 Å². The number of piperidine rings is 1. The number of rotatable bonds is 5. The molecule has 1 aliphatic rings. The van der Waals surface area contributed by atoms with Crippen molar-refractivity contribution < 1.29 is 17.6 Å². The topological polar surface area (TPSA) is 66.5 Å². The molecule has 0 radical (unpaired) electrons. The van der Waals surface area contributed by atoms with Crippen molar-refractivity contribution in [3.05, 3.63) is 35.6 Å². The summed E-state index contributed by atoms with van der Waals surface area (Å²) in [4.78, 5) is 12.1. The maximum absolute atomic E-state index is 13.5. The van der Waals surface area contributed by atoms with Crippen LogP contribution in [0, 0.1) is 11.7 Å². The molecule has 1 heterocycles. The number of sulfonamides is 1. The van der Waals surface area contributed by atoms with Gasteiger partial charge in [-0.05, 0) is 30.9 Å². The first-order valence-corrected chi connectivity index (χ1v) is 9.19. The monoisotopic (exact) mass is 328 g/mol. The number of carbonyl (C=O) groups excluding carboxylic acids is 1. The molecule has 0 bridgehead atoms. The van der Waals surface area contributed by atoms with Crippen LogP contribution in [0.3, 0.4) is 0 Å². The average molecular weight is 328 g/mol. The van der Waals surface area contributed by atoms with Crippen LogP contribution in [0.2, 0.25) is 0 Å². The van der Waals surface area contributed by atoms with Crippen LogP contribution in [-0.4, -0.2) is 44.5 Å². The molecule has 1 aromatic carbocycles. The highest BCUT2D eigenvalue weighted by atomic mass is 32.2. The minimum atomic E-state index is -3.26. The van der Waals surface area contributed by atoms with Crippen LogP contribution in [0.1, 0.15) is 18.4 Å². The van der Waals surface area contributed by atoms with E-state index in [0.29, 0.717) is 37.9 Å². The summed E-state index contributed by atoms with van der Waals surface area (Å²) < 4.78 is 37.9. The number of benzene rings is 1. The van der Waals surface area contributed by atoms with Gasteiger partial charge in [0.2, 0.25) is 15.9 Å². The third-order valence-electron chi connectivity index (χ3n) is 3.88. The molecule has 0 aromatic heterocycles. The fraction of sp³-hybridized carbons (Fsp3) is 0.533. The Morgan fingerprint density at radius 3 is 2.82 bits per heavy atom. The average Bonchev–Trinajstić information content (AvgIpc) is 2.48. The first-order valence-electron chi connectivity index (χ1n) is 7.34. The Hall–Kier alpha value is -1.47. The zero-order chi connectivity index (χ0) is 16.2. The summed E-state index contributed by atoms with van der Waals surface area (Å²) in [6.07, 6.45) is 2.93. The van der Waals surface area contributed by atoms with Crippen molar-refractivity contribution in [2.24, 2.45) is 5.92 Å². The summed E-state index contributed by atoms with van der Waals surface area (Å²) in [6.45, 7) is 1.04.